The van der Waals surface area contributed by atoms with Crippen molar-refractivity contribution in [2.24, 2.45) is 17.6 Å². The number of primary amides is 1. The SMILES string of the molecule is CCCCOC(=O)C#Cc1cc(N(C)C)c2c(c1O)C(O)=C1C(=O)[C@]3(O)C(O)=C(C(N)=O)C(=O)[C@@H](N(C)C)[C@@H]3C[C@@H]1C2. The van der Waals surface area contributed by atoms with Crippen molar-refractivity contribution in [3.8, 4) is 17.6 Å². The molecule has 1 saturated carbocycles. The maximum atomic E-state index is 14.0. The third-order valence-corrected chi connectivity index (χ3v) is 8.21. The van der Waals surface area contributed by atoms with Crippen molar-refractivity contribution in [1.82, 2.24) is 4.90 Å². The molecule has 1 aromatic rings. The number of phenols is 1. The van der Waals surface area contributed by atoms with Gasteiger partial charge in [-0.05, 0) is 50.9 Å². The van der Waals surface area contributed by atoms with Crippen LogP contribution in [0.5, 0.6) is 5.75 Å². The number of benzene rings is 1. The van der Waals surface area contributed by atoms with Gasteiger partial charge in [0.25, 0.3) is 5.91 Å². The summed E-state index contributed by atoms with van der Waals surface area (Å²) in [6, 6.07) is 0.388. The number of nitrogens with two attached hydrogens (primary N) is 1. The summed E-state index contributed by atoms with van der Waals surface area (Å²) >= 11 is 0. The molecule has 3 aliphatic carbocycles. The zero-order chi connectivity index (χ0) is 31.3. The van der Waals surface area contributed by atoms with Gasteiger partial charge in [-0.15, -0.1) is 0 Å². The third-order valence-electron chi connectivity index (χ3n) is 8.21. The van der Waals surface area contributed by atoms with Gasteiger partial charge in [-0.25, -0.2) is 4.79 Å². The van der Waals surface area contributed by atoms with E-state index in [4.69, 9.17) is 10.5 Å². The van der Waals surface area contributed by atoms with Gasteiger partial charge in [0.05, 0.1) is 23.8 Å². The van der Waals surface area contributed by atoms with E-state index in [0.29, 0.717) is 17.7 Å². The number of fused-ring (bicyclic) bond motifs is 3. The smallest absolute Gasteiger partial charge is 0.384 e. The van der Waals surface area contributed by atoms with Crippen molar-refractivity contribution in [1.29, 1.82) is 0 Å². The van der Waals surface area contributed by atoms with E-state index in [1.165, 1.54) is 19.0 Å². The van der Waals surface area contributed by atoms with E-state index in [0.717, 1.165) is 6.42 Å². The number of phenolic OH excluding ortho intramolecular Hbond substituents is 1. The van der Waals surface area contributed by atoms with Crippen molar-refractivity contribution in [2.45, 2.75) is 44.2 Å². The number of carbonyl (C=O) groups is 4. The predicted octanol–water partition coefficient (Wildman–Crippen LogP) is 0.725. The first kappa shape index (κ1) is 30.6. The van der Waals surface area contributed by atoms with Gasteiger partial charge in [-0.1, -0.05) is 19.3 Å². The summed E-state index contributed by atoms with van der Waals surface area (Å²) in [5, 5.41) is 45.5. The van der Waals surface area contributed by atoms with E-state index >= 15 is 0 Å². The Morgan fingerprint density at radius 3 is 2.40 bits per heavy atom. The highest BCUT2D eigenvalue weighted by molar-refractivity contribution is 6.24. The van der Waals surface area contributed by atoms with Gasteiger partial charge < -0.3 is 35.8 Å². The molecule has 0 spiro atoms. The summed E-state index contributed by atoms with van der Waals surface area (Å²) in [5.74, 6) is -3.28. The Kier molecular flexibility index (Phi) is 8.13. The number of ketones is 2. The number of anilines is 1. The van der Waals surface area contributed by atoms with Gasteiger partial charge in [0.1, 0.15) is 22.8 Å². The van der Waals surface area contributed by atoms with E-state index in [1.807, 2.05) is 6.92 Å². The number of esters is 1. The topological polar surface area (TPSA) is 191 Å². The highest BCUT2D eigenvalue weighted by Crippen LogP contribution is 2.54. The average Bonchev–Trinajstić information content (AvgIpc) is 2.89. The Hall–Kier alpha value is -4.34. The lowest BCUT2D eigenvalue weighted by Crippen LogP contribution is -2.65. The molecule has 1 fully saturated rings. The molecular formula is C30H35N3O9. The maximum absolute atomic E-state index is 14.0. The van der Waals surface area contributed by atoms with Crippen LogP contribution in [0.4, 0.5) is 5.69 Å². The zero-order valence-electron chi connectivity index (χ0n) is 24.1. The normalized spacial score (nSPS) is 24.9. The number of rotatable bonds is 6. The quantitative estimate of drug-likeness (QED) is 0.138. The zero-order valence-corrected chi connectivity index (χ0v) is 24.1. The third kappa shape index (κ3) is 4.68. The monoisotopic (exact) mass is 581 g/mol. The molecule has 3 aliphatic rings. The van der Waals surface area contributed by atoms with Crippen LogP contribution in [0.2, 0.25) is 0 Å². The number of nitrogens with zero attached hydrogens (tertiary/aromatic N) is 2. The van der Waals surface area contributed by atoms with Crippen molar-refractivity contribution in [3.05, 3.63) is 39.7 Å². The van der Waals surface area contributed by atoms with Gasteiger partial charge in [-0.2, -0.15) is 0 Å². The van der Waals surface area contributed by atoms with Crippen molar-refractivity contribution in [2.75, 3.05) is 39.7 Å². The molecule has 12 heteroatoms. The minimum atomic E-state index is -2.73. The van der Waals surface area contributed by atoms with Crippen molar-refractivity contribution in [3.63, 3.8) is 0 Å². The summed E-state index contributed by atoms with van der Waals surface area (Å²) in [5.41, 5.74) is 2.39. The fraction of sp³-hybridized carbons (Fsp3) is 0.467. The number of aliphatic hydroxyl groups excluding tert-OH is 2. The number of amides is 1. The van der Waals surface area contributed by atoms with Crippen LogP contribution >= 0.6 is 0 Å². The molecule has 0 unspecified atom stereocenters. The number of ether oxygens (including phenoxy) is 1. The molecule has 6 N–H and O–H groups in total. The second-order valence-electron chi connectivity index (χ2n) is 11.2. The average molecular weight is 582 g/mol. The molecule has 0 radical (unpaired) electrons. The highest BCUT2D eigenvalue weighted by atomic mass is 16.5. The Bertz CT molecular complexity index is 1510. The molecule has 0 saturated heterocycles. The second-order valence-corrected chi connectivity index (χ2v) is 11.2. The molecule has 0 aromatic heterocycles. The van der Waals surface area contributed by atoms with E-state index in [-0.39, 0.29) is 36.1 Å². The van der Waals surface area contributed by atoms with Crippen LogP contribution in [0.25, 0.3) is 5.76 Å². The molecule has 12 nitrogen and oxygen atoms in total. The number of carbonyl (C=O) groups excluding carboxylic acids is 4. The number of hydrogen-bond acceptors (Lipinski definition) is 11. The van der Waals surface area contributed by atoms with Crippen LogP contribution < -0.4 is 10.6 Å². The first-order chi connectivity index (χ1) is 19.7. The van der Waals surface area contributed by atoms with E-state index < -0.39 is 69.8 Å². The molecule has 1 aromatic carbocycles. The van der Waals surface area contributed by atoms with Gasteiger partial charge in [0.15, 0.2) is 11.4 Å². The lowest BCUT2D eigenvalue weighted by Gasteiger charge is -2.50. The molecule has 0 bridgehead atoms. The first-order valence-electron chi connectivity index (χ1n) is 13.6. The van der Waals surface area contributed by atoms with Crippen LogP contribution in [-0.2, 0) is 30.3 Å². The molecule has 1 amide bonds. The van der Waals surface area contributed by atoms with Crippen LogP contribution in [0.3, 0.4) is 0 Å². The largest absolute Gasteiger partial charge is 0.508 e. The van der Waals surface area contributed by atoms with Crippen molar-refractivity contribution >= 4 is 34.9 Å². The Balaban J connectivity index is 1.91. The van der Waals surface area contributed by atoms with E-state index in [2.05, 4.69) is 11.8 Å². The number of Topliss-reactive ketones (excluding diaryl/α,β-unsaturated/α-hetero) is 2. The Morgan fingerprint density at radius 1 is 1.17 bits per heavy atom. The number of hydrogen-bond donors (Lipinski definition) is 5. The summed E-state index contributed by atoms with van der Waals surface area (Å²) in [6.07, 6.45) is 1.60. The number of unbranched alkanes of at least 4 members (excludes halogenated alkanes) is 1. The standard InChI is InChI=1S/C30H35N3O9/c1-6-7-10-42-19(34)9-8-14-13-18(32(2)3)16-11-15-12-17-23(33(4)5)26(37)22(29(31)40)28(39)30(17,41)27(38)20(15)25(36)21(16)24(14)35/h13,15,17,23,35-36,39,41H,6-7,10-12H2,1-5H3,(H2,31,40)/t15-,17-,23-,30-/m0/s1. The Morgan fingerprint density at radius 2 is 1.83 bits per heavy atom. The Labute approximate surface area is 243 Å². The fourth-order valence-electron chi connectivity index (χ4n) is 6.25. The predicted molar refractivity (Wildman–Crippen MR) is 151 cm³/mol. The molecule has 224 valence electrons. The van der Waals surface area contributed by atoms with Gasteiger partial charge in [0, 0.05) is 37.2 Å². The molecular weight excluding hydrogens is 546 g/mol. The van der Waals surface area contributed by atoms with E-state index in [9.17, 15) is 39.6 Å². The fourth-order valence-corrected chi connectivity index (χ4v) is 6.25. The lowest BCUT2D eigenvalue weighted by atomic mass is 9.57. The first-order valence-corrected chi connectivity index (χ1v) is 13.6. The summed E-state index contributed by atoms with van der Waals surface area (Å²) < 4.78 is 5.05. The van der Waals surface area contributed by atoms with Gasteiger partial charge >= 0.3 is 5.97 Å². The number of aromatic hydroxyl groups is 1. The lowest BCUT2D eigenvalue weighted by molar-refractivity contribution is -0.153. The van der Waals surface area contributed by atoms with Gasteiger partial charge in [-0.3, -0.25) is 19.3 Å². The van der Waals surface area contributed by atoms with Crippen LogP contribution in [0, 0.1) is 23.7 Å². The molecule has 4 rings (SSSR count). The highest BCUT2D eigenvalue weighted by Gasteiger charge is 2.64. The van der Waals surface area contributed by atoms with Crippen LogP contribution in [0.15, 0.2) is 23.0 Å². The minimum Gasteiger partial charge on any atom is -0.508 e. The number of aliphatic hydroxyl groups is 3. The second kappa shape index (κ2) is 11.2. The summed E-state index contributed by atoms with van der Waals surface area (Å²) in [6.45, 7) is 2.14. The van der Waals surface area contributed by atoms with E-state index in [1.54, 1.807) is 25.1 Å². The molecule has 42 heavy (non-hydrogen) atoms. The summed E-state index contributed by atoms with van der Waals surface area (Å²) in [4.78, 5) is 54.6. The maximum Gasteiger partial charge on any atom is 0.384 e. The molecule has 0 aliphatic heterocycles. The summed E-state index contributed by atoms with van der Waals surface area (Å²) in [7, 11) is 6.55. The van der Waals surface area contributed by atoms with Crippen LogP contribution in [0.1, 0.15) is 42.9 Å². The van der Waals surface area contributed by atoms with Gasteiger partial charge in [0.2, 0.25) is 5.78 Å². The number of likely N-dealkylation sites (N-methyl/N-ethyl adjacent to an activating group) is 1. The molecule has 4 atom stereocenters. The minimum absolute atomic E-state index is 0.00923. The van der Waals surface area contributed by atoms with Crippen molar-refractivity contribution < 1.29 is 44.3 Å². The van der Waals surface area contributed by atoms with Crippen LogP contribution in [-0.4, -0.2) is 95.2 Å². The molecule has 0 heterocycles.